The van der Waals surface area contributed by atoms with Gasteiger partial charge in [-0.25, -0.2) is 10.8 Å². The van der Waals surface area contributed by atoms with E-state index in [2.05, 4.69) is 10.4 Å². The first-order valence-electron chi connectivity index (χ1n) is 5.80. The number of thiazole rings is 1. The SMILES string of the molecule is Cc1csc(SCc2ccccc2CC(=O)NN)n1. The summed E-state index contributed by atoms with van der Waals surface area (Å²) in [6.07, 6.45) is 0.310. The van der Waals surface area contributed by atoms with Crippen LogP contribution in [0, 0.1) is 6.92 Å². The first kappa shape index (κ1) is 14.0. The van der Waals surface area contributed by atoms with Crippen LogP contribution in [0.5, 0.6) is 0 Å². The van der Waals surface area contributed by atoms with E-state index in [0.717, 1.165) is 26.9 Å². The highest BCUT2D eigenvalue weighted by Gasteiger charge is 2.08. The normalized spacial score (nSPS) is 10.4. The van der Waals surface area contributed by atoms with Crippen molar-refractivity contribution in [1.29, 1.82) is 0 Å². The quantitative estimate of drug-likeness (QED) is 0.384. The summed E-state index contributed by atoms with van der Waals surface area (Å²) < 4.78 is 1.05. The highest BCUT2D eigenvalue weighted by molar-refractivity contribution is 8.00. The molecule has 2 aromatic rings. The molecule has 0 saturated heterocycles. The van der Waals surface area contributed by atoms with Gasteiger partial charge in [0.25, 0.3) is 0 Å². The zero-order chi connectivity index (χ0) is 13.7. The lowest BCUT2D eigenvalue weighted by molar-refractivity contribution is -0.120. The average molecular weight is 293 g/mol. The Morgan fingerprint density at radius 2 is 2.16 bits per heavy atom. The van der Waals surface area contributed by atoms with E-state index < -0.39 is 0 Å². The molecule has 2 rings (SSSR count). The average Bonchev–Trinajstić information content (AvgIpc) is 2.83. The zero-order valence-corrected chi connectivity index (χ0v) is 12.2. The van der Waals surface area contributed by atoms with Crippen LogP contribution >= 0.6 is 23.1 Å². The molecule has 0 fully saturated rings. The fourth-order valence-electron chi connectivity index (χ4n) is 1.63. The van der Waals surface area contributed by atoms with Crippen molar-refractivity contribution in [3.63, 3.8) is 0 Å². The molecular weight excluding hydrogens is 278 g/mol. The number of aryl methyl sites for hydroxylation is 1. The molecule has 0 atom stereocenters. The van der Waals surface area contributed by atoms with Gasteiger partial charge in [-0.05, 0) is 18.1 Å². The van der Waals surface area contributed by atoms with Gasteiger partial charge in [0.1, 0.15) is 4.34 Å². The highest BCUT2D eigenvalue weighted by atomic mass is 32.2. The van der Waals surface area contributed by atoms with Crippen LogP contribution in [0.2, 0.25) is 0 Å². The molecule has 1 amide bonds. The number of aromatic nitrogens is 1. The summed E-state index contributed by atoms with van der Waals surface area (Å²) in [7, 11) is 0. The Balaban J connectivity index is 2.05. The molecule has 1 aromatic carbocycles. The number of benzene rings is 1. The molecule has 19 heavy (non-hydrogen) atoms. The topological polar surface area (TPSA) is 68.0 Å². The van der Waals surface area contributed by atoms with Gasteiger partial charge in [-0.15, -0.1) is 11.3 Å². The van der Waals surface area contributed by atoms with Crippen LogP contribution in [0.15, 0.2) is 34.0 Å². The Bertz CT molecular complexity index is 569. The monoisotopic (exact) mass is 293 g/mol. The van der Waals surface area contributed by atoms with E-state index in [-0.39, 0.29) is 5.91 Å². The first-order valence-corrected chi connectivity index (χ1v) is 7.66. The Kier molecular flexibility index (Phi) is 4.95. The standard InChI is InChI=1S/C13H15N3OS2/c1-9-7-18-13(15-9)19-8-11-5-3-2-4-10(11)6-12(17)16-14/h2-5,7H,6,8,14H2,1H3,(H,16,17). The molecule has 0 aliphatic carbocycles. The number of hydrogen-bond donors (Lipinski definition) is 2. The molecule has 0 aliphatic rings. The van der Waals surface area contributed by atoms with Crippen LogP contribution in [0.4, 0.5) is 0 Å². The second-order valence-electron chi connectivity index (χ2n) is 4.06. The third-order valence-corrected chi connectivity index (χ3v) is 4.77. The smallest absolute Gasteiger partial charge is 0.238 e. The van der Waals surface area contributed by atoms with E-state index in [1.165, 1.54) is 0 Å². The van der Waals surface area contributed by atoms with Crippen molar-refractivity contribution < 1.29 is 4.79 Å². The number of thioether (sulfide) groups is 1. The number of nitrogens with one attached hydrogen (secondary N) is 1. The molecule has 4 nitrogen and oxygen atoms in total. The van der Waals surface area contributed by atoms with Gasteiger partial charge in [0.15, 0.2) is 0 Å². The molecule has 0 unspecified atom stereocenters. The maximum atomic E-state index is 11.4. The van der Waals surface area contributed by atoms with Crippen LogP contribution in [0.3, 0.4) is 0 Å². The predicted molar refractivity (Wildman–Crippen MR) is 78.9 cm³/mol. The van der Waals surface area contributed by atoms with E-state index in [9.17, 15) is 4.79 Å². The lowest BCUT2D eigenvalue weighted by Gasteiger charge is -2.07. The number of carbonyl (C=O) groups is 1. The van der Waals surface area contributed by atoms with Gasteiger partial charge in [-0.2, -0.15) is 0 Å². The Labute approximate surface area is 120 Å². The largest absolute Gasteiger partial charge is 0.294 e. The van der Waals surface area contributed by atoms with Crippen LogP contribution in [-0.2, 0) is 17.0 Å². The zero-order valence-electron chi connectivity index (χ0n) is 10.6. The number of hydrogen-bond acceptors (Lipinski definition) is 5. The molecule has 0 saturated carbocycles. The lowest BCUT2D eigenvalue weighted by Crippen LogP contribution is -2.31. The van der Waals surface area contributed by atoms with Gasteiger partial charge in [-0.3, -0.25) is 10.2 Å². The number of rotatable bonds is 5. The summed E-state index contributed by atoms with van der Waals surface area (Å²) in [6, 6.07) is 7.90. The van der Waals surface area contributed by atoms with Crippen LogP contribution < -0.4 is 11.3 Å². The summed E-state index contributed by atoms with van der Waals surface area (Å²) >= 11 is 3.33. The van der Waals surface area contributed by atoms with Crippen LogP contribution in [0.25, 0.3) is 0 Å². The maximum absolute atomic E-state index is 11.4. The molecular formula is C13H15N3OS2. The van der Waals surface area contributed by atoms with E-state index >= 15 is 0 Å². The number of carbonyl (C=O) groups excluding carboxylic acids is 1. The first-order chi connectivity index (χ1) is 9.19. The predicted octanol–water partition coefficient (Wildman–Crippen LogP) is 2.28. The molecule has 1 aromatic heterocycles. The molecule has 0 aliphatic heterocycles. The molecule has 0 radical (unpaired) electrons. The highest BCUT2D eigenvalue weighted by Crippen LogP contribution is 2.27. The van der Waals surface area contributed by atoms with Crippen LogP contribution in [-0.4, -0.2) is 10.9 Å². The maximum Gasteiger partial charge on any atom is 0.238 e. The number of amides is 1. The molecule has 0 bridgehead atoms. The van der Waals surface area contributed by atoms with E-state index in [4.69, 9.17) is 5.84 Å². The Morgan fingerprint density at radius 3 is 2.79 bits per heavy atom. The van der Waals surface area contributed by atoms with Crippen LogP contribution in [0.1, 0.15) is 16.8 Å². The van der Waals surface area contributed by atoms with Crippen molar-refractivity contribution >= 4 is 29.0 Å². The molecule has 0 spiro atoms. The van der Waals surface area contributed by atoms with E-state index in [0.29, 0.717) is 6.42 Å². The molecule has 100 valence electrons. The summed E-state index contributed by atoms with van der Waals surface area (Å²) in [6.45, 7) is 1.99. The van der Waals surface area contributed by atoms with Crippen molar-refractivity contribution in [2.75, 3.05) is 0 Å². The summed E-state index contributed by atoms with van der Waals surface area (Å²) in [5.41, 5.74) is 5.35. The Hall–Kier alpha value is -1.37. The summed E-state index contributed by atoms with van der Waals surface area (Å²) in [5.74, 6) is 5.75. The third-order valence-electron chi connectivity index (χ3n) is 2.58. The second kappa shape index (κ2) is 6.70. The van der Waals surface area contributed by atoms with Gasteiger partial charge >= 0.3 is 0 Å². The number of nitrogens with zero attached hydrogens (tertiary/aromatic N) is 1. The van der Waals surface area contributed by atoms with Gasteiger partial charge < -0.3 is 0 Å². The van der Waals surface area contributed by atoms with Gasteiger partial charge in [0.2, 0.25) is 5.91 Å². The number of nitrogens with two attached hydrogens (primary N) is 1. The van der Waals surface area contributed by atoms with Crippen molar-refractivity contribution in [3.8, 4) is 0 Å². The molecule has 3 N–H and O–H groups in total. The second-order valence-corrected chi connectivity index (χ2v) is 6.14. The minimum Gasteiger partial charge on any atom is -0.294 e. The minimum absolute atomic E-state index is 0.178. The van der Waals surface area contributed by atoms with E-state index in [1.54, 1.807) is 23.1 Å². The minimum atomic E-state index is -0.178. The lowest BCUT2D eigenvalue weighted by atomic mass is 10.1. The van der Waals surface area contributed by atoms with Gasteiger partial charge in [0, 0.05) is 16.8 Å². The van der Waals surface area contributed by atoms with Gasteiger partial charge in [-0.1, -0.05) is 36.0 Å². The summed E-state index contributed by atoms with van der Waals surface area (Å²) in [5, 5.41) is 2.04. The van der Waals surface area contributed by atoms with Gasteiger partial charge in [0.05, 0.1) is 6.42 Å². The van der Waals surface area contributed by atoms with Crippen molar-refractivity contribution in [2.45, 2.75) is 23.4 Å². The fraction of sp³-hybridized carbons (Fsp3) is 0.231. The third kappa shape index (κ3) is 4.05. The Morgan fingerprint density at radius 1 is 1.42 bits per heavy atom. The molecule has 6 heteroatoms. The van der Waals surface area contributed by atoms with E-state index in [1.807, 2.05) is 36.6 Å². The molecule has 1 heterocycles. The fourth-order valence-corrected chi connectivity index (χ4v) is 3.52. The number of hydrazine groups is 1. The van der Waals surface area contributed by atoms with Crippen molar-refractivity contribution in [2.24, 2.45) is 5.84 Å². The van der Waals surface area contributed by atoms with Crippen molar-refractivity contribution in [1.82, 2.24) is 10.4 Å². The van der Waals surface area contributed by atoms with Crippen molar-refractivity contribution in [3.05, 3.63) is 46.5 Å². The summed E-state index contributed by atoms with van der Waals surface area (Å²) in [4.78, 5) is 15.8.